The van der Waals surface area contributed by atoms with Gasteiger partial charge in [-0.25, -0.2) is 4.79 Å². The third kappa shape index (κ3) is 2.52. The van der Waals surface area contributed by atoms with Crippen LogP contribution >= 0.6 is 0 Å². The number of aliphatic hydroxyl groups excluding tert-OH is 1. The van der Waals surface area contributed by atoms with Crippen LogP contribution in [0, 0.1) is 0 Å². The number of rotatable bonds is 3. The Labute approximate surface area is 119 Å². The molecule has 0 heterocycles. The molecule has 1 atom stereocenters. The van der Waals surface area contributed by atoms with Gasteiger partial charge in [0.05, 0.1) is 18.2 Å². The Morgan fingerprint density at radius 3 is 2.80 bits per heavy atom. The molecule has 2 aliphatic rings. The summed E-state index contributed by atoms with van der Waals surface area (Å²) < 4.78 is 0. The van der Waals surface area contributed by atoms with Gasteiger partial charge in [-0.2, -0.15) is 0 Å². The number of urea groups is 1. The second kappa shape index (κ2) is 5.44. The predicted molar refractivity (Wildman–Crippen MR) is 77.5 cm³/mol. The lowest BCUT2D eigenvalue weighted by molar-refractivity contribution is 0.161. The zero-order valence-corrected chi connectivity index (χ0v) is 11.7. The van der Waals surface area contributed by atoms with E-state index in [0.717, 1.165) is 38.5 Å². The van der Waals surface area contributed by atoms with E-state index in [1.165, 1.54) is 11.1 Å². The van der Waals surface area contributed by atoms with Crippen LogP contribution in [0.1, 0.15) is 49.3 Å². The van der Waals surface area contributed by atoms with E-state index in [0.29, 0.717) is 0 Å². The highest BCUT2D eigenvalue weighted by Crippen LogP contribution is 2.32. The summed E-state index contributed by atoms with van der Waals surface area (Å²) in [5.74, 6) is 0. The summed E-state index contributed by atoms with van der Waals surface area (Å²) >= 11 is 0. The normalized spacial score (nSPS) is 23.4. The van der Waals surface area contributed by atoms with Crippen LogP contribution in [-0.2, 0) is 6.42 Å². The third-order valence-electron chi connectivity index (χ3n) is 4.68. The molecule has 1 saturated carbocycles. The first-order valence-electron chi connectivity index (χ1n) is 7.50. The van der Waals surface area contributed by atoms with Crippen LogP contribution < -0.4 is 10.6 Å². The van der Waals surface area contributed by atoms with E-state index in [1.807, 2.05) is 12.1 Å². The van der Waals surface area contributed by atoms with E-state index in [9.17, 15) is 9.90 Å². The number of carbonyl (C=O) groups excluding carboxylic acids is 1. The van der Waals surface area contributed by atoms with E-state index < -0.39 is 5.54 Å². The Hall–Kier alpha value is -1.55. The number of aryl methyl sites for hydroxylation is 1. The van der Waals surface area contributed by atoms with Gasteiger partial charge in [0.1, 0.15) is 0 Å². The molecular weight excluding hydrogens is 252 g/mol. The van der Waals surface area contributed by atoms with Gasteiger partial charge in [-0.1, -0.05) is 37.1 Å². The van der Waals surface area contributed by atoms with Crippen molar-refractivity contribution in [3.05, 3.63) is 35.4 Å². The minimum Gasteiger partial charge on any atom is -0.394 e. The molecule has 20 heavy (non-hydrogen) atoms. The van der Waals surface area contributed by atoms with Crippen molar-refractivity contribution < 1.29 is 9.90 Å². The smallest absolute Gasteiger partial charge is 0.315 e. The van der Waals surface area contributed by atoms with Crippen LogP contribution in [0.4, 0.5) is 4.79 Å². The summed E-state index contributed by atoms with van der Waals surface area (Å²) in [6.45, 7) is 0.0294. The van der Waals surface area contributed by atoms with E-state index in [4.69, 9.17) is 0 Å². The molecule has 4 nitrogen and oxygen atoms in total. The summed E-state index contributed by atoms with van der Waals surface area (Å²) in [5.41, 5.74) is 2.16. The van der Waals surface area contributed by atoms with Crippen LogP contribution in [0.3, 0.4) is 0 Å². The number of benzene rings is 1. The molecular formula is C16H22N2O2. The second-order valence-corrected chi connectivity index (χ2v) is 6.03. The highest BCUT2D eigenvalue weighted by Gasteiger charge is 2.35. The van der Waals surface area contributed by atoms with Crippen molar-refractivity contribution in [1.82, 2.24) is 10.6 Å². The number of amides is 2. The number of nitrogens with one attached hydrogen (secondary N) is 2. The molecule has 1 fully saturated rings. The van der Waals surface area contributed by atoms with Gasteiger partial charge in [0.2, 0.25) is 0 Å². The Morgan fingerprint density at radius 1 is 1.30 bits per heavy atom. The molecule has 1 aromatic carbocycles. The second-order valence-electron chi connectivity index (χ2n) is 6.03. The van der Waals surface area contributed by atoms with Crippen molar-refractivity contribution in [2.24, 2.45) is 0 Å². The zero-order chi connectivity index (χ0) is 14.0. The third-order valence-corrected chi connectivity index (χ3v) is 4.68. The average Bonchev–Trinajstić information content (AvgIpc) is 3.07. The van der Waals surface area contributed by atoms with Crippen molar-refractivity contribution in [2.45, 2.75) is 50.1 Å². The van der Waals surface area contributed by atoms with Crippen LogP contribution in [0.5, 0.6) is 0 Å². The average molecular weight is 274 g/mol. The number of fused-ring (bicyclic) bond motifs is 1. The number of hydrogen-bond donors (Lipinski definition) is 3. The number of aliphatic hydroxyl groups is 1. The Kier molecular flexibility index (Phi) is 3.66. The van der Waals surface area contributed by atoms with E-state index >= 15 is 0 Å². The highest BCUT2D eigenvalue weighted by atomic mass is 16.3. The quantitative estimate of drug-likeness (QED) is 0.792. The monoisotopic (exact) mass is 274 g/mol. The molecule has 0 radical (unpaired) electrons. The van der Waals surface area contributed by atoms with Crippen molar-refractivity contribution in [3.63, 3.8) is 0 Å². The molecule has 4 heteroatoms. The standard InChI is InChI=1S/C16H22N2O2/c19-11-16(9-3-4-10-16)18-15(20)17-14-8-7-12-5-1-2-6-13(12)14/h1-2,5-6,14,19H,3-4,7-11H2,(H2,17,18,20). The lowest BCUT2D eigenvalue weighted by atomic mass is 9.99. The summed E-state index contributed by atoms with van der Waals surface area (Å²) in [6.07, 6.45) is 5.88. The number of hydrogen-bond acceptors (Lipinski definition) is 2. The minimum absolute atomic E-state index is 0.0294. The SMILES string of the molecule is O=C(NC1CCc2ccccc21)NC1(CO)CCCC1. The fourth-order valence-corrected chi connectivity index (χ4v) is 3.52. The first-order chi connectivity index (χ1) is 9.72. The summed E-state index contributed by atoms with van der Waals surface area (Å²) in [5, 5.41) is 15.6. The van der Waals surface area contributed by atoms with E-state index in [1.54, 1.807) is 0 Å². The molecule has 0 spiro atoms. The first-order valence-corrected chi connectivity index (χ1v) is 7.50. The maximum absolute atomic E-state index is 12.2. The van der Waals surface area contributed by atoms with Crippen molar-refractivity contribution >= 4 is 6.03 Å². The molecule has 108 valence electrons. The van der Waals surface area contributed by atoms with E-state index in [2.05, 4.69) is 22.8 Å². The molecule has 1 aromatic rings. The number of carbonyl (C=O) groups is 1. The Bertz CT molecular complexity index is 495. The van der Waals surface area contributed by atoms with Crippen LogP contribution in [0.15, 0.2) is 24.3 Å². The van der Waals surface area contributed by atoms with E-state index in [-0.39, 0.29) is 18.7 Å². The molecule has 2 aliphatic carbocycles. The molecule has 3 rings (SSSR count). The molecule has 0 aromatic heterocycles. The summed E-state index contributed by atoms with van der Waals surface area (Å²) in [6, 6.07) is 8.22. The van der Waals surface area contributed by atoms with Gasteiger partial charge in [-0.05, 0) is 36.8 Å². The predicted octanol–water partition coefficient (Wildman–Crippen LogP) is 2.28. The van der Waals surface area contributed by atoms with Gasteiger partial charge in [0.15, 0.2) is 0 Å². The lowest BCUT2D eigenvalue weighted by Crippen LogP contribution is -2.53. The fraction of sp³-hybridized carbons (Fsp3) is 0.562. The Balaban J connectivity index is 1.63. The van der Waals surface area contributed by atoms with Crippen molar-refractivity contribution in [3.8, 4) is 0 Å². The Morgan fingerprint density at radius 2 is 2.05 bits per heavy atom. The van der Waals surface area contributed by atoms with Crippen molar-refractivity contribution in [1.29, 1.82) is 0 Å². The van der Waals surface area contributed by atoms with Crippen LogP contribution in [0.25, 0.3) is 0 Å². The van der Waals surface area contributed by atoms with Gasteiger partial charge in [-0.3, -0.25) is 0 Å². The molecule has 3 N–H and O–H groups in total. The van der Waals surface area contributed by atoms with Gasteiger partial charge in [-0.15, -0.1) is 0 Å². The largest absolute Gasteiger partial charge is 0.394 e. The van der Waals surface area contributed by atoms with Crippen LogP contribution in [-0.4, -0.2) is 23.3 Å². The maximum atomic E-state index is 12.2. The highest BCUT2D eigenvalue weighted by molar-refractivity contribution is 5.75. The molecule has 2 amide bonds. The van der Waals surface area contributed by atoms with Gasteiger partial charge >= 0.3 is 6.03 Å². The molecule has 0 aliphatic heterocycles. The van der Waals surface area contributed by atoms with Gasteiger partial charge in [0.25, 0.3) is 0 Å². The zero-order valence-electron chi connectivity index (χ0n) is 11.7. The first kappa shape index (κ1) is 13.4. The van der Waals surface area contributed by atoms with Crippen molar-refractivity contribution in [2.75, 3.05) is 6.61 Å². The molecule has 1 unspecified atom stereocenters. The fourth-order valence-electron chi connectivity index (χ4n) is 3.52. The molecule has 0 saturated heterocycles. The van der Waals surface area contributed by atoms with Gasteiger partial charge in [0, 0.05) is 0 Å². The maximum Gasteiger partial charge on any atom is 0.315 e. The van der Waals surface area contributed by atoms with Gasteiger partial charge < -0.3 is 15.7 Å². The minimum atomic E-state index is -0.401. The summed E-state index contributed by atoms with van der Waals surface area (Å²) in [7, 11) is 0. The molecule has 0 bridgehead atoms. The van der Waals surface area contributed by atoms with Crippen LogP contribution in [0.2, 0.25) is 0 Å². The summed E-state index contributed by atoms with van der Waals surface area (Å²) in [4.78, 5) is 12.2. The topological polar surface area (TPSA) is 61.4 Å². The lowest BCUT2D eigenvalue weighted by Gasteiger charge is -2.29.